The Morgan fingerprint density at radius 1 is 1.09 bits per heavy atom. The number of hydrogen-bond acceptors (Lipinski definition) is 4. The first-order valence-electron chi connectivity index (χ1n) is 7.43. The minimum atomic E-state index is -0.633. The second-order valence-electron chi connectivity index (χ2n) is 5.26. The molecule has 2 amide bonds. The molecule has 2 N–H and O–H groups in total. The van der Waals surface area contributed by atoms with Gasteiger partial charge in [-0.3, -0.25) is 14.4 Å². The standard InChI is InChI=1S/C16H20N2O4/c19-14(18-13-8-4-5-9-13)11-22-15(20)10-17-16(21)12-6-2-1-3-7-12/h1-3,6-7,13H,4-5,8-11H2,(H,17,21)(H,18,19). The van der Waals surface area contributed by atoms with Gasteiger partial charge in [-0.15, -0.1) is 0 Å². The Kier molecular flexibility index (Phi) is 5.94. The van der Waals surface area contributed by atoms with Crippen molar-refractivity contribution >= 4 is 17.8 Å². The van der Waals surface area contributed by atoms with Gasteiger partial charge in [0.25, 0.3) is 11.8 Å². The largest absolute Gasteiger partial charge is 0.454 e. The van der Waals surface area contributed by atoms with Gasteiger partial charge in [-0.25, -0.2) is 0 Å². The van der Waals surface area contributed by atoms with Gasteiger partial charge >= 0.3 is 5.97 Å². The minimum Gasteiger partial charge on any atom is -0.454 e. The second-order valence-corrected chi connectivity index (χ2v) is 5.26. The maximum atomic E-state index is 11.7. The lowest BCUT2D eigenvalue weighted by molar-refractivity contribution is -0.147. The normalized spacial score (nSPS) is 14.4. The quantitative estimate of drug-likeness (QED) is 0.768. The molecular formula is C16H20N2O4. The van der Waals surface area contributed by atoms with Gasteiger partial charge in [-0.2, -0.15) is 0 Å². The summed E-state index contributed by atoms with van der Waals surface area (Å²) in [6.07, 6.45) is 4.20. The van der Waals surface area contributed by atoms with Crippen LogP contribution in [0.25, 0.3) is 0 Å². The summed E-state index contributed by atoms with van der Waals surface area (Å²) < 4.78 is 4.83. The van der Waals surface area contributed by atoms with Gasteiger partial charge < -0.3 is 15.4 Å². The van der Waals surface area contributed by atoms with Gasteiger partial charge in [-0.1, -0.05) is 31.0 Å². The second kappa shape index (κ2) is 8.17. The molecule has 0 atom stereocenters. The van der Waals surface area contributed by atoms with E-state index in [0.29, 0.717) is 5.56 Å². The lowest BCUT2D eigenvalue weighted by Crippen LogP contribution is -2.37. The SMILES string of the molecule is O=C(COC(=O)CNC(=O)c1ccccc1)NC1CCCC1. The lowest BCUT2D eigenvalue weighted by atomic mass is 10.2. The van der Waals surface area contributed by atoms with E-state index >= 15 is 0 Å². The highest BCUT2D eigenvalue weighted by Crippen LogP contribution is 2.17. The molecule has 0 aromatic heterocycles. The fourth-order valence-corrected chi connectivity index (χ4v) is 2.38. The van der Waals surface area contributed by atoms with Crippen LogP contribution in [0.4, 0.5) is 0 Å². The van der Waals surface area contributed by atoms with Crippen LogP contribution in [0.1, 0.15) is 36.0 Å². The Morgan fingerprint density at radius 3 is 2.45 bits per heavy atom. The van der Waals surface area contributed by atoms with E-state index in [4.69, 9.17) is 4.74 Å². The minimum absolute atomic E-state index is 0.198. The number of rotatable bonds is 6. The van der Waals surface area contributed by atoms with E-state index in [0.717, 1.165) is 25.7 Å². The number of carbonyl (C=O) groups excluding carboxylic acids is 3. The van der Waals surface area contributed by atoms with Crippen molar-refractivity contribution in [1.29, 1.82) is 0 Å². The number of esters is 1. The summed E-state index contributed by atoms with van der Waals surface area (Å²) in [4.78, 5) is 34.8. The number of benzene rings is 1. The summed E-state index contributed by atoms with van der Waals surface area (Å²) in [5, 5.41) is 5.27. The molecule has 6 heteroatoms. The molecule has 0 unspecified atom stereocenters. The molecule has 1 aromatic rings. The molecule has 0 spiro atoms. The summed E-state index contributed by atoms with van der Waals surface area (Å²) in [7, 11) is 0. The first-order valence-corrected chi connectivity index (χ1v) is 7.43. The number of amides is 2. The molecule has 118 valence electrons. The maximum absolute atomic E-state index is 11.7. The Hall–Kier alpha value is -2.37. The van der Waals surface area contributed by atoms with Crippen molar-refractivity contribution in [3.8, 4) is 0 Å². The van der Waals surface area contributed by atoms with Crippen molar-refractivity contribution in [2.24, 2.45) is 0 Å². The smallest absolute Gasteiger partial charge is 0.325 e. The third-order valence-electron chi connectivity index (χ3n) is 3.51. The molecular weight excluding hydrogens is 284 g/mol. The summed E-state index contributed by atoms with van der Waals surface area (Å²) in [6.45, 7) is -0.568. The molecule has 0 aliphatic heterocycles. The highest BCUT2D eigenvalue weighted by atomic mass is 16.5. The van der Waals surface area contributed by atoms with Crippen molar-refractivity contribution in [2.45, 2.75) is 31.7 Å². The average molecular weight is 304 g/mol. The van der Waals surface area contributed by atoms with Crippen molar-refractivity contribution in [1.82, 2.24) is 10.6 Å². The summed E-state index contributed by atoms with van der Waals surface area (Å²) in [5.41, 5.74) is 0.467. The molecule has 1 saturated carbocycles. The molecule has 0 bridgehead atoms. The van der Waals surface area contributed by atoms with E-state index in [9.17, 15) is 14.4 Å². The van der Waals surface area contributed by atoms with E-state index in [1.54, 1.807) is 30.3 Å². The number of nitrogens with one attached hydrogen (secondary N) is 2. The zero-order chi connectivity index (χ0) is 15.8. The fraction of sp³-hybridized carbons (Fsp3) is 0.438. The van der Waals surface area contributed by atoms with Gasteiger partial charge in [0.05, 0.1) is 0 Å². The summed E-state index contributed by atoms with van der Waals surface area (Å²) >= 11 is 0. The van der Waals surface area contributed by atoms with Crippen LogP contribution in [0.3, 0.4) is 0 Å². The highest BCUT2D eigenvalue weighted by Gasteiger charge is 2.18. The van der Waals surface area contributed by atoms with Crippen LogP contribution >= 0.6 is 0 Å². The van der Waals surface area contributed by atoms with Gasteiger partial charge in [0, 0.05) is 11.6 Å². The van der Waals surface area contributed by atoms with Gasteiger partial charge in [0.1, 0.15) is 6.54 Å². The van der Waals surface area contributed by atoms with Crippen molar-refractivity contribution in [3.05, 3.63) is 35.9 Å². The molecule has 1 aliphatic rings. The Morgan fingerprint density at radius 2 is 1.77 bits per heavy atom. The van der Waals surface area contributed by atoms with Crippen molar-refractivity contribution in [2.75, 3.05) is 13.2 Å². The van der Waals surface area contributed by atoms with E-state index in [-0.39, 0.29) is 31.0 Å². The third kappa shape index (κ3) is 5.20. The number of carbonyl (C=O) groups is 3. The zero-order valence-corrected chi connectivity index (χ0v) is 12.3. The van der Waals surface area contributed by atoms with E-state index in [1.165, 1.54) is 0 Å². The molecule has 1 fully saturated rings. The van der Waals surface area contributed by atoms with Crippen LogP contribution in [0, 0.1) is 0 Å². The molecule has 0 saturated heterocycles. The highest BCUT2D eigenvalue weighted by molar-refractivity contribution is 5.96. The molecule has 2 rings (SSSR count). The Bertz CT molecular complexity index is 524. The van der Waals surface area contributed by atoms with Crippen LogP contribution in [0.15, 0.2) is 30.3 Å². The van der Waals surface area contributed by atoms with Crippen molar-refractivity contribution < 1.29 is 19.1 Å². The number of hydrogen-bond donors (Lipinski definition) is 2. The van der Waals surface area contributed by atoms with Crippen LogP contribution in [0.5, 0.6) is 0 Å². The molecule has 1 aliphatic carbocycles. The van der Waals surface area contributed by atoms with Gasteiger partial charge in [0.15, 0.2) is 6.61 Å². The van der Waals surface area contributed by atoms with Crippen LogP contribution in [0.2, 0.25) is 0 Å². The first-order chi connectivity index (χ1) is 10.6. The molecule has 1 aromatic carbocycles. The third-order valence-corrected chi connectivity index (χ3v) is 3.51. The first kappa shape index (κ1) is 16.0. The molecule has 6 nitrogen and oxygen atoms in total. The zero-order valence-electron chi connectivity index (χ0n) is 12.3. The van der Waals surface area contributed by atoms with Crippen LogP contribution in [-0.2, 0) is 14.3 Å². The monoisotopic (exact) mass is 304 g/mol. The Labute approximate surface area is 129 Å². The average Bonchev–Trinajstić information content (AvgIpc) is 3.04. The number of ether oxygens (including phenoxy) is 1. The van der Waals surface area contributed by atoms with E-state index < -0.39 is 5.97 Å². The fourth-order valence-electron chi connectivity index (χ4n) is 2.38. The Balaban J connectivity index is 1.63. The van der Waals surface area contributed by atoms with Gasteiger partial charge in [0.2, 0.25) is 0 Å². The van der Waals surface area contributed by atoms with Crippen LogP contribution < -0.4 is 10.6 Å². The topological polar surface area (TPSA) is 84.5 Å². The van der Waals surface area contributed by atoms with Gasteiger partial charge in [-0.05, 0) is 25.0 Å². The van der Waals surface area contributed by atoms with E-state index in [2.05, 4.69) is 10.6 Å². The van der Waals surface area contributed by atoms with Crippen LogP contribution in [-0.4, -0.2) is 37.0 Å². The predicted molar refractivity (Wildman–Crippen MR) is 80.1 cm³/mol. The molecule has 0 radical (unpaired) electrons. The maximum Gasteiger partial charge on any atom is 0.325 e. The molecule has 22 heavy (non-hydrogen) atoms. The van der Waals surface area contributed by atoms with E-state index in [1.807, 2.05) is 0 Å². The van der Waals surface area contributed by atoms with Crippen molar-refractivity contribution in [3.63, 3.8) is 0 Å². The predicted octanol–water partition coefficient (Wildman–Crippen LogP) is 1.02. The molecule has 0 heterocycles. The summed E-state index contributed by atoms with van der Waals surface area (Å²) in [5.74, 6) is -1.28. The summed E-state index contributed by atoms with van der Waals surface area (Å²) in [6, 6.07) is 8.77. The lowest BCUT2D eigenvalue weighted by Gasteiger charge is -2.12.